The zero-order valence-corrected chi connectivity index (χ0v) is 7.01. The molecule has 1 saturated heterocycles. The smallest absolute Gasteiger partial charge is 0.146 e. The molecular formula is C8H8FOP. The summed E-state index contributed by atoms with van der Waals surface area (Å²) >= 11 is 0. The number of rotatable bonds is 1. The van der Waals surface area contributed by atoms with Gasteiger partial charge in [-0.3, -0.25) is 4.79 Å². The average Bonchev–Trinajstić information content (AvgIpc) is 2.65. The maximum Gasteiger partial charge on any atom is 0.146 e. The normalized spacial score (nSPS) is 40.4. The largest absolute Gasteiger partial charge is 0.298 e. The lowest BCUT2D eigenvalue weighted by Crippen LogP contribution is -2.03. The van der Waals surface area contributed by atoms with Crippen LogP contribution < -0.4 is 0 Å². The van der Waals surface area contributed by atoms with E-state index in [0.29, 0.717) is 0 Å². The van der Waals surface area contributed by atoms with E-state index in [2.05, 4.69) is 0 Å². The van der Waals surface area contributed by atoms with Gasteiger partial charge in [-0.15, -0.1) is 0 Å². The molecule has 2 rings (SSSR count). The van der Waals surface area contributed by atoms with Crippen LogP contribution in [0.5, 0.6) is 0 Å². The number of fused-ring (bicyclic) bond motifs is 1. The van der Waals surface area contributed by atoms with Crippen LogP contribution in [-0.2, 0) is 4.79 Å². The molecule has 58 valence electrons. The van der Waals surface area contributed by atoms with E-state index in [0.717, 1.165) is 11.9 Å². The number of allylic oxidation sites excluding steroid dienone is 4. The molecule has 1 nitrogen and oxygen atoms in total. The van der Waals surface area contributed by atoms with Crippen LogP contribution >= 0.6 is 7.92 Å². The predicted molar refractivity (Wildman–Crippen MR) is 43.8 cm³/mol. The van der Waals surface area contributed by atoms with Crippen LogP contribution in [0.1, 0.15) is 0 Å². The SMILES string of the molecule is CP1C2C(F)=CC=C(C=O)C21. The van der Waals surface area contributed by atoms with Crippen LogP contribution in [0.4, 0.5) is 4.39 Å². The van der Waals surface area contributed by atoms with Crippen LogP contribution in [-0.4, -0.2) is 24.3 Å². The number of hydrogen-bond acceptors (Lipinski definition) is 1. The molecule has 0 saturated carbocycles. The van der Waals surface area contributed by atoms with Gasteiger partial charge in [0.2, 0.25) is 0 Å². The van der Waals surface area contributed by atoms with Gasteiger partial charge in [-0.1, -0.05) is 14.0 Å². The summed E-state index contributed by atoms with van der Waals surface area (Å²) < 4.78 is 12.9. The molecule has 0 N–H and O–H groups in total. The molecule has 3 heteroatoms. The zero-order chi connectivity index (χ0) is 8.01. The van der Waals surface area contributed by atoms with Gasteiger partial charge in [-0.2, -0.15) is 0 Å². The molecule has 1 aliphatic heterocycles. The molecule has 2 aliphatic rings. The highest BCUT2D eigenvalue weighted by Gasteiger charge is 2.52. The zero-order valence-electron chi connectivity index (χ0n) is 6.12. The molecule has 11 heavy (non-hydrogen) atoms. The minimum absolute atomic E-state index is 0.0331. The van der Waals surface area contributed by atoms with E-state index in [4.69, 9.17) is 0 Å². The van der Waals surface area contributed by atoms with E-state index in [1.165, 1.54) is 6.08 Å². The van der Waals surface area contributed by atoms with Crippen molar-refractivity contribution in [3.05, 3.63) is 23.6 Å². The Morgan fingerprint density at radius 2 is 2.27 bits per heavy atom. The molecular weight excluding hydrogens is 162 g/mol. The lowest BCUT2D eigenvalue weighted by Gasteiger charge is -2.00. The van der Waals surface area contributed by atoms with Crippen LogP contribution in [0.2, 0.25) is 0 Å². The van der Waals surface area contributed by atoms with Gasteiger partial charge in [0.05, 0.1) is 0 Å². The van der Waals surface area contributed by atoms with E-state index >= 15 is 0 Å². The highest BCUT2D eigenvalue weighted by molar-refractivity contribution is 7.67. The number of halogens is 1. The minimum atomic E-state index is -0.262. The molecule has 1 fully saturated rings. The van der Waals surface area contributed by atoms with E-state index in [-0.39, 0.29) is 25.1 Å². The summed E-state index contributed by atoms with van der Waals surface area (Å²) in [5.74, 6) is -0.0331. The number of hydrogen-bond donors (Lipinski definition) is 0. The summed E-state index contributed by atoms with van der Waals surface area (Å²) in [5.41, 5.74) is 1.10. The van der Waals surface area contributed by atoms with Gasteiger partial charge in [0.1, 0.15) is 12.1 Å². The lowest BCUT2D eigenvalue weighted by molar-refractivity contribution is -0.104. The Morgan fingerprint density at radius 1 is 1.55 bits per heavy atom. The van der Waals surface area contributed by atoms with Crippen molar-refractivity contribution in [2.75, 3.05) is 6.66 Å². The maximum atomic E-state index is 12.9. The van der Waals surface area contributed by atoms with Gasteiger partial charge in [-0.05, 0) is 12.7 Å². The van der Waals surface area contributed by atoms with E-state index in [9.17, 15) is 9.18 Å². The molecule has 0 spiro atoms. The number of aldehydes is 1. The standard InChI is InChI=1S/C8H8FOP/c1-11-7-5(4-10)2-3-6(9)8(7)11/h2-4,7-8H,1H3. The first-order chi connectivity index (χ1) is 5.25. The van der Waals surface area contributed by atoms with E-state index in [1.807, 2.05) is 6.66 Å². The third kappa shape index (κ3) is 0.893. The summed E-state index contributed by atoms with van der Waals surface area (Å²) in [6.07, 6.45) is 3.89. The quantitative estimate of drug-likeness (QED) is 0.433. The van der Waals surface area contributed by atoms with Crippen molar-refractivity contribution in [1.29, 1.82) is 0 Å². The number of carbonyl (C=O) groups is 1. The molecule has 3 unspecified atom stereocenters. The molecule has 1 heterocycles. The number of carbonyl (C=O) groups excluding carboxylic acids is 1. The summed E-state index contributed by atoms with van der Waals surface area (Å²) in [5, 5.41) is 0. The van der Waals surface area contributed by atoms with Crippen molar-refractivity contribution < 1.29 is 9.18 Å². The Kier molecular flexibility index (Phi) is 1.47. The van der Waals surface area contributed by atoms with Gasteiger partial charge >= 0.3 is 0 Å². The van der Waals surface area contributed by atoms with Crippen molar-refractivity contribution >= 4 is 14.2 Å². The first-order valence-electron chi connectivity index (χ1n) is 3.50. The molecule has 0 aromatic heterocycles. The van der Waals surface area contributed by atoms with Gasteiger partial charge in [-0.25, -0.2) is 4.39 Å². The van der Waals surface area contributed by atoms with Gasteiger partial charge in [0.25, 0.3) is 0 Å². The fourth-order valence-corrected chi connectivity index (χ4v) is 4.07. The topological polar surface area (TPSA) is 17.1 Å². The molecule has 0 bridgehead atoms. The summed E-state index contributed by atoms with van der Waals surface area (Å²) in [6, 6.07) is 0. The van der Waals surface area contributed by atoms with Gasteiger partial charge < -0.3 is 0 Å². The maximum absolute atomic E-state index is 12.9. The summed E-state index contributed by atoms with van der Waals surface area (Å²) in [4.78, 5) is 10.4. The first-order valence-corrected chi connectivity index (χ1v) is 5.43. The molecule has 0 aromatic rings. The predicted octanol–water partition coefficient (Wildman–Crippen LogP) is 1.84. The fraction of sp³-hybridized carbons (Fsp3) is 0.375. The van der Waals surface area contributed by atoms with Crippen molar-refractivity contribution in [2.45, 2.75) is 11.3 Å². The minimum Gasteiger partial charge on any atom is -0.298 e. The Hall–Kier alpha value is -0.490. The third-order valence-electron chi connectivity index (χ3n) is 2.28. The Labute approximate surface area is 65.7 Å². The summed E-state index contributed by atoms with van der Waals surface area (Å²) in [6.45, 7) is 2.04. The monoisotopic (exact) mass is 170 g/mol. The molecule has 1 aliphatic carbocycles. The van der Waals surface area contributed by atoms with Crippen molar-refractivity contribution in [3.8, 4) is 0 Å². The Morgan fingerprint density at radius 3 is 2.91 bits per heavy atom. The van der Waals surface area contributed by atoms with Crippen LogP contribution in [0.15, 0.2) is 23.6 Å². The van der Waals surface area contributed by atoms with Crippen LogP contribution in [0, 0.1) is 0 Å². The van der Waals surface area contributed by atoms with E-state index in [1.54, 1.807) is 6.08 Å². The Balaban J connectivity index is 2.33. The second-order valence-electron chi connectivity index (χ2n) is 2.89. The van der Waals surface area contributed by atoms with Gasteiger partial charge in [0, 0.05) is 16.9 Å². The first kappa shape index (κ1) is 7.17. The van der Waals surface area contributed by atoms with Crippen LogP contribution in [0.3, 0.4) is 0 Å². The van der Waals surface area contributed by atoms with Crippen LogP contribution in [0.25, 0.3) is 0 Å². The van der Waals surface area contributed by atoms with E-state index < -0.39 is 0 Å². The summed E-state index contributed by atoms with van der Waals surface area (Å²) in [7, 11) is -0.262. The highest BCUT2D eigenvalue weighted by atomic mass is 31.1. The molecule has 3 atom stereocenters. The molecule has 0 amide bonds. The molecule has 0 radical (unpaired) electrons. The second-order valence-corrected chi connectivity index (χ2v) is 5.33. The third-order valence-corrected chi connectivity index (χ3v) is 4.83. The lowest BCUT2D eigenvalue weighted by atomic mass is 10.1. The van der Waals surface area contributed by atoms with Gasteiger partial charge in [0.15, 0.2) is 0 Å². The second kappa shape index (κ2) is 2.25. The highest BCUT2D eigenvalue weighted by Crippen LogP contribution is 2.70. The van der Waals surface area contributed by atoms with Crippen molar-refractivity contribution in [2.24, 2.45) is 0 Å². The van der Waals surface area contributed by atoms with Crippen molar-refractivity contribution in [3.63, 3.8) is 0 Å². The Bertz CT molecular complexity index is 269. The van der Waals surface area contributed by atoms with Crippen molar-refractivity contribution in [1.82, 2.24) is 0 Å². The fourth-order valence-electron chi connectivity index (χ4n) is 1.58. The molecule has 0 aromatic carbocycles. The average molecular weight is 170 g/mol.